The van der Waals surface area contributed by atoms with E-state index in [0.717, 1.165) is 22.4 Å². The van der Waals surface area contributed by atoms with Crippen LogP contribution in [0.2, 0.25) is 5.15 Å². The SMILES string of the molecule is Nc1cccc(-n2ccc3ccc(Cl)nc32)c1. The minimum atomic E-state index is 0.487. The lowest BCUT2D eigenvalue weighted by Crippen LogP contribution is -1.95. The van der Waals surface area contributed by atoms with Gasteiger partial charge < -0.3 is 10.3 Å². The summed E-state index contributed by atoms with van der Waals surface area (Å²) in [6, 6.07) is 13.4. The molecule has 2 aromatic heterocycles. The highest BCUT2D eigenvalue weighted by atomic mass is 35.5. The molecular weight excluding hydrogens is 234 g/mol. The Bertz CT molecular complexity index is 688. The van der Waals surface area contributed by atoms with E-state index in [9.17, 15) is 0 Å². The van der Waals surface area contributed by atoms with Crippen molar-refractivity contribution in [3.8, 4) is 5.69 Å². The highest BCUT2D eigenvalue weighted by molar-refractivity contribution is 6.29. The van der Waals surface area contributed by atoms with Crippen molar-refractivity contribution in [3.05, 3.63) is 53.8 Å². The van der Waals surface area contributed by atoms with Crippen molar-refractivity contribution in [3.63, 3.8) is 0 Å². The molecule has 4 heteroatoms. The summed E-state index contributed by atoms with van der Waals surface area (Å²) in [6.45, 7) is 0. The maximum absolute atomic E-state index is 5.92. The van der Waals surface area contributed by atoms with E-state index < -0.39 is 0 Å². The number of pyridine rings is 1. The Morgan fingerprint density at radius 1 is 1.12 bits per heavy atom. The Balaban J connectivity index is 2.27. The van der Waals surface area contributed by atoms with Crippen LogP contribution < -0.4 is 5.73 Å². The molecule has 0 radical (unpaired) electrons. The topological polar surface area (TPSA) is 43.8 Å². The van der Waals surface area contributed by atoms with Gasteiger partial charge in [0.1, 0.15) is 10.8 Å². The molecule has 84 valence electrons. The number of fused-ring (bicyclic) bond motifs is 1. The molecule has 0 amide bonds. The van der Waals surface area contributed by atoms with Gasteiger partial charge in [0.05, 0.1) is 0 Å². The molecule has 0 bridgehead atoms. The van der Waals surface area contributed by atoms with E-state index in [1.165, 1.54) is 0 Å². The first-order valence-corrected chi connectivity index (χ1v) is 5.61. The van der Waals surface area contributed by atoms with E-state index >= 15 is 0 Å². The van der Waals surface area contributed by atoms with Gasteiger partial charge in [0.25, 0.3) is 0 Å². The summed E-state index contributed by atoms with van der Waals surface area (Å²) >= 11 is 5.92. The van der Waals surface area contributed by atoms with Crippen LogP contribution in [-0.2, 0) is 0 Å². The Labute approximate surface area is 103 Å². The summed E-state index contributed by atoms with van der Waals surface area (Å²) < 4.78 is 1.97. The molecular formula is C13H10ClN3. The summed E-state index contributed by atoms with van der Waals surface area (Å²) in [5.74, 6) is 0. The number of hydrogen-bond donors (Lipinski definition) is 1. The number of hydrogen-bond acceptors (Lipinski definition) is 2. The van der Waals surface area contributed by atoms with Crippen LogP contribution in [-0.4, -0.2) is 9.55 Å². The molecule has 0 aliphatic rings. The number of rotatable bonds is 1. The Morgan fingerprint density at radius 3 is 2.82 bits per heavy atom. The lowest BCUT2D eigenvalue weighted by molar-refractivity contribution is 1.09. The molecule has 0 saturated heterocycles. The van der Waals surface area contributed by atoms with E-state index in [2.05, 4.69) is 4.98 Å². The second-order valence-corrected chi connectivity index (χ2v) is 4.21. The smallest absolute Gasteiger partial charge is 0.146 e. The van der Waals surface area contributed by atoms with Crippen LogP contribution in [0.1, 0.15) is 0 Å². The lowest BCUT2D eigenvalue weighted by atomic mass is 10.3. The zero-order valence-corrected chi connectivity index (χ0v) is 9.72. The molecule has 0 saturated carbocycles. The molecule has 0 spiro atoms. The number of nitrogens with two attached hydrogens (primary N) is 1. The van der Waals surface area contributed by atoms with Gasteiger partial charge in [0.15, 0.2) is 0 Å². The molecule has 0 aliphatic carbocycles. The van der Waals surface area contributed by atoms with Gasteiger partial charge >= 0.3 is 0 Å². The predicted octanol–water partition coefficient (Wildman–Crippen LogP) is 3.26. The summed E-state index contributed by atoms with van der Waals surface area (Å²) in [5.41, 5.74) is 8.32. The van der Waals surface area contributed by atoms with Gasteiger partial charge in [-0.25, -0.2) is 4.98 Å². The van der Waals surface area contributed by atoms with Crippen molar-refractivity contribution < 1.29 is 0 Å². The molecule has 0 atom stereocenters. The quantitative estimate of drug-likeness (QED) is 0.527. The molecule has 2 N–H and O–H groups in total. The molecule has 0 unspecified atom stereocenters. The maximum Gasteiger partial charge on any atom is 0.146 e. The maximum atomic E-state index is 5.92. The number of halogens is 1. The summed E-state index contributed by atoms with van der Waals surface area (Å²) in [6.07, 6.45) is 1.96. The number of anilines is 1. The summed E-state index contributed by atoms with van der Waals surface area (Å²) in [4.78, 5) is 4.33. The monoisotopic (exact) mass is 243 g/mol. The van der Waals surface area contributed by atoms with Crippen LogP contribution in [0.4, 0.5) is 5.69 Å². The van der Waals surface area contributed by atoms with Crippen molar-refractivity contribution in [2.45, 2.75) is 0 Å². The minimum Gasteiger partial charge on any atom is -0.399 e. The highest BCUT2D eigenvalue weighted by Crippen LogP contribution is 2.21. The van der Waals surface area contributed by atoms with E-state index in [1.807, 2.05) is 47.2 Å². The van der Waals surface area contributed by atoms with Crippen molar-refractivity contribution in [1.82, 2.24) is 9.55 Å². The predicted molar refractivity (Wildman–Crippen MR) is 70.5 cm³/mol. The zero-order valence-electron chi connectivity index (χ0n) is 8.97. The lowest BCUT2D eigenvalue weighted by Gasteiger charge is -2.05. The second kappa shape index (κ2) is 3.79. The van der Waals surface area contributed by atoms with E-state index in [-0.39, 0.29) is 0 Å². The van der Waals surface area contributed by atoms with Crippen molar-refractivity contribution in [2.24, 2.45) is 0 Å². The van der Waals surface area contributed by atoms with Gasteiger partial charge in [-0.05, 0) is 36.4 Å². The first-order chi connectivity index (χ1) is 8.24. The highest BCUT2D eigenvalue weighted by Gasteiger charge is 2.05. The standard InChI is InChI=1S/C13H10ClN3/c14-12-5-4-9-6-7-17(13(9)16-12)11-3-1-2-10(15)8-11/h1-8H,15H2. The van der Waals surface area contributed by atoms with Gasteiger partial charge in [-0.2, -0.15) is 0 Å². The Hall–Kier alpha value is -2.00. The van der Waals surface area contributed by atoms with Crippen LogP contribution >= 0.6 is 11.6 Å². The summed E-state index contributed by atoms with van der Waals surface area (Å²) in [7, 11) is 0. The van der Waals surface area contributed by atoms with Gasteiger partial charge in [-0.1, -0.05) is 17.7 Å². The fraction of sp³-hybridized carbons (Fsp3) is 0. The first-order valence-electron chi connectivity index (χ1n) is 5.23. The zero-order chi connectivity index (χ0) is 11.8. The molecule has 0 aliphatic heterocycles. The average Bonchev–Trinajstić information content (AvgIpc) is 2.71. The van der Waals surface area contributed by atoms with Gasteiger partial charge in [-0.3, -0.25) is 0 Å². The number of nitrogen functional groups attached to an aromatic ring is 1. The van der Waals surface area contributed by atoms with Crippen LogP contribution in [0, 0.1) is 0 Å². The van der Waals surface area contributed by atoms with Gasteiger partial charge in [0, 0.05) is 23.0 Å². The van der Waals surface area contributed by atoms with Crippen molar-refractivity contribution in [1.29, 1.82) is 0 Å². The summed E-state index contributed by atoms with van der Waals surface area (Å²) in [5, 5.41) is 1.54. The Kier molecular flexibility index (Phi) is 2.27. The van der Waals surface area contributed by atoms with Crippen LogP contribution in [0.25, 0.3) is 16.7 Å². The third-order valence-corrected chi connectivity index (χ3v) is 2.86. The van der Waals surface area contributed by atoms with Crippen LogP contribution in [0.15, 0.2) is 48.7 Å². The third-order valence-electron chi connectivity index (χ3n) is 2.65. The molecule has 2 heterocycles. The fourth-order valence-corrected chi connectivity index (χ4v) is 2.01. The minimum absolute atomic E-state index is 0.487. The van der Waals surface area contributed by atoms with Crippen LogP contribution in [0.5, 0.6) is 0 Å². The largest absolute Gasteiger partial charge is 0.399 e. The number of aromatic nitrogens is 2. The molecule has 0 fully saturated rings. The van der Waals surface area contributed by atoms with Crippen molar-refractivity contribution in [2.75, 3.05) is 5.73 Å². The van der Waals surface area contributed by atoms with E-state index in [0.29, 0.717) is 5.15 Å². The van der Waals surface area contributed by atoms with E-state index in [1.54, 1.807) is 6.07 Å². The number of nitrogens with zero attached hydrogens (tertiary/aromatic N) is 2. The molecule has 3 nitrogen and oxygen atoms in total. The van der Waals surface area contributed by atoms with Crippen molar-refractivity contribution >= 4 is 28.3 Å². The normalized spacial score (nSPS) is 10.9. The molecule has 3 rings (SSSR count). The molecule has 3 aromatic rings. The fourth-order valence-electron chi connectivity index (χ4n) is 1.87. The van der Waals surface area contributed by atoms with Crippen LogP contribution in [0.3, 0.4) is 0 Å². The number of benzene rings is 1. The van der Waals surface area contributed by atoms with Gasteiger partial charge in [0.2, 0.25) is 0 Å². The average molecular weight is 244 g/mol. The molecule has 1 aromatic carbocycles. The first kappa shape index (κ1) is 10.2. The van der Waals surface area contributed by atoms with Gasteiger partial charge in [-0.15, -0.1) is 0 Å². The van der Waals surface area contributed by atoms with E-state index in [4.69, 9.17) is 17.3 Å². The second-order valence-electron chi connectivity index (χ2n) is 3.83. The molecule has 17 heavy (non-hydrogen) atoms. The third kappa shape index (κ3) is 1.74. The Morgan fingerprint density at radius 2 is 2.00 bits per heavy atom.